The Morgan fingerprint density at radius 2 is 1.74 bits per heavy atom. The van der Waals surface area contributed by atoms with E-state index in [9.17, 15) is 9.18 Å². The van der Waals surface area contributed by atoms with E-state index in [2.05, 4.69) is 0 Å². The minimum atomic E-state index is -0.588. The molecule has 1 amide bonds. The number of ether oxygens (including phenoxy) is 2. The molecular weight excluding hydrogens is 297 g/mol. The maximum Gasteiger partial charge on any atom is 0.412 e. The Labute approximate surface area is 137 Å². The molecule has 23 heavy (non-hydrogen) atoms. The van der Waals surface area contributed by atoms with Crippen molar-refractivity contribution in [3.63, 3.8) is 0 Å². The molecule has 0 N–H and O–H groups in total. The van der Waals surface area contributed by atoms with Crippen molar-refractivity contribution in [1.29, 1.82) is 0 Å². The fourth-order valence-electron chi connectivity index (χ4n) is 2.65. The van der Waals surface area contributed by atoms with Gasteiger partial charge in [-0.15, -0.1) is 0 Å². The van der Waals surface area contributed by atoms with E-state index in [0.717, 1.165) is 5.56 Å². The quantitative estimate of drug-likeness (QED) is 0.763. The van der Waals surface area contributed by atoms with Crippen LogP contribution in [0.3, 0.4) is 0 Å². The number of hydrogen-bond acceptors (Lipinski definition) is 3. The zero-order valence-electron chi connectivity index (χ0n) is 14.7. The van der Waals surface area contributed by atoms with E-state index in [0.29, 0.717) is 6.61 Å². The number of amides is 1. The number of carbonyl (C=O) groups excluding carboxylic acids is 1. The lowest BCUT2D eigenvalue weighted by atomic mass is 9.93. The molecule has 0 unspecified atom stereocenters. The average Bonchev–Trinajstić information content (AvgIpc) is 2.82. The van der Waals surface area contributed by atoms with E-state index >= 15 is 0 Å². The lowest BCUT2D eigenvalue weighted by Crippen LogP contribution is -2.46. The number of benzene rings is 1. The number of rotatable bonds is 1. The third kappa shape index (κ3) is 4.22. The summed E-state index contributed by atoms with van der Waals surface area (Å²) in [6.45, 7) is 11.9. The second kappa shape index (κ2) is 6.11. The molecule has 1 aromatic rings. The Hall–Kier alpha value is -1.62. The molecule has 1 aliphatic heterocycles. The van der Waals surface area contributed by atoms with E-state index in [1.54, 1.807) is 17.0 Å². The molecule has 0 saturated carbocycles. The Kier molecular flexibility index (Phi) is 4.71. The van der Waals surface area contributed by atoms with Crippen molar-refractivity contribution in [2.75, 3.05) is 6.61 Å². The number of halogens is 1. The fraction of sp³-hybridized carbons (Fsp3) is 0.611. The molecule has 1 aliphatic rings. The molecule has 0 radical (unpaired) electrons. The Morgan fingerprint density at radius 3 is 2.22 bits per heavy atom. The van der Waals surface area contributed by atoms with Crippen molar-refractivity contribution < 1.29 is 18.7 Å². The van der Waals surface area contributed by atoms with Crippen molar-refractivity contribution in [3.05, 3.63) is 35.6 Å². The van der Waals surface area contributed by atoms with Gasteiger partial charge in [-0.1, -0.05) is 32.9 Å². The van der Waals surface area contributed by atoms with Gasteiger partial charge in [0.15, 0.2) is 0 Å². The second-order valence-corrected chi connectivity index (χ2v) is 8.01. The van der Waals surface area contributed by atoms with Gasteiger partial charge in [0.25, 0.3) is 0 Å². The molecular formula is C18H26FNO3. The molecule has 0 aliphatic carbocycles. The van der Waals surface area contributed by atoms with Crippen LogP contribution in [0.4, 0.5) is 9.18 Å². The summed E-state index contributed by atoms with van der Waals surface area (Å²) in [4.78, 5) is 14.4. The van der Waals surface area contributed by atoms with Gasteiger partial charge in [0.1, 0.15) is 17.6 Å². The second-order valence-electron chi connectivity index (χ2n) is 8.01. The highest BCUT2D eigenvalue weighted by molar-refractivity contribution is 5.69. The van der Waals surface area contributed by atoms with Crippen LogP contribution in [0.1, 0.15) is 53.1 Å². The van der Waals surface area contributed by atoms with Crippen LogP contribution >= 0.6 is 0 Å². The zero-order valence-corrected chi connectivity index (χ0v) is 14.7. The van der Waals surface area contributed by atoms with Gasteiger partial charge in [0.05, 0.1) is 12.6 Å². The highest BCUT2D eigenvalue weighted by Gasteiger charge is 2.46. The van der Waals surface area contributed by atoms with Gasteiger partial charge in [-0.25, -0.2) is 9.18 Å². The van der Waals surface area contributed by atoms with Crippen LogP contribution in [0.25, 0.3) is 0 Å². The van der Waals surface area contributed by atoms with Gasteiger partial charge in [0.2, 0.25) is 0 Å². The molecule has 0 aromatic heterocycles. The number of hydrogen-bond donors (Lipinski definition) is 0. The first-order chi connectivity index (χ1) is 10.5. The molecule has 5 heteroatoms. The summed E-state index contributed by atoms with van der Waals surface area (Å²) in [6.07, 6.45) is -0.809. The van der Waals surface area contributed by atoms with Crippen molar-refractivity contribution in [2.24, 2.45) is 5.41 Å². The minimum Gasteiger partial charge on any atom is -0.444 e. The summed E-state index contributed by atoms with van der Waals surface area (Å²) < 4.78 is 24.6. The number of nitrogens with zero attached hydrogens (tertiary/aromatic N) is 1. The SMILES string of the molecule is CC(C)(C)OC(=O)N1[C@@H](c2ccc(F)cc2)CO[C@@H]1C(C)(C)C. The molecule has 1 aromatic carbocycles. The Morgan fingerprint density at radius 1 is 1.17 bits per heavy atom. The first-order valence-electron chi connectivity index (χ1n) is 7.87. The summed E-state index contributed by atoms with van der Waals surface area (Å²) in [5.74, 6) is -0.302. The highest BCUT2D eigenvalue weighted by Crippen LogP contribution is 2.39. The molecule has 1 saturated heterocycles. The van der Waals surface area contributed by atoms with Crippen LogP contribution in [-0.2, 0) is 9.47 Å². The summed E-state index contributed by atoms with van der Waals surface area (Å²) in [7, 11) is 0. The van der Waals surface area contributed by atoms with Crippen molar-refractivity contribution in [1.82, 2.24) is 4.90 Å². The maximum absolute atomic E-state index is 13.2. The summed E-state index contributed by atoms with van der Waals surface area (Å²) in [5, 5.41) is 0. The summed E-state index contributed by atoms with van der Waals surface area (Å²) >= 11 is 0. The smallest absolute Gasteiger partial charge is 0.412 e. The van der Waals surface area contributed by atoms with Crippen LogP contribution < -0.4 is 0 Å². The average molecular weight is 323 g/mol. The Balaban J connectivity index is 2.34. The van der Waals surface area contributed by atoms with Crippen LogP contribution in [0, 0.1) is 11.2 Å². The molecule has 0 spiro atoms. The predicted octanol–water partition coefficient (Wildman–Crippen LogP) is 4.51. The first kappa shape index (κ1) is 17.7. The third-order valence-corrected chi connectivity index (χ3v) is 3.60. The van der Waals surface area contributed by atoms with Crippen LogP contribution in [-0.4, -0.2) is 29.4 Å². The lowest BCUT2D eigenvalue weighted by molar-refractivity contribution is -0.0585. The molecule has 4 nitrogen and oxygen atoms in total. The number of carbonyl (C=O) groups is 1. The summed E-state index contributed by atoms with van der Waals surface area (Å²) in [5.41, 5.74) is -0.00905. The van der Waals surface area contributed by atoms with Crippen LogP contribution in [0.5, 0.6) is 0 Å². The van der Waals surface area contributed by atoms with Gasteiger partial charge in [-0.3, -0.25) is 4.90 Å². The third-order valence-electron chi connectivity index (χ3n) is 3.60. The van der Waals surface area contributed by atoms with Crippen molar-refractivity contribution in [2.45, 2.75) is 59.4 Å². The maximum atomic E-state index is 13.2. The van der Waals surface area contributed by atoms with Gasteiger partial charge >= 0.3 is 6.09 Å². The molecule has 1 heterocycles. The predicted molar refractivity (Wildman–Crippen MR) is 86.4 cm³/mol. The van der Waals surface area contributed by atoms with Gasteiger partial charge in [0, 0.05) is 5.41 Å². The molecule has 2 rings (SSSR count). The van der Waals surface area contributed by atoms with E-state index in [1.165, 1.54) is 12.1 Å². The lowest BCUT2D eigenvalue weighted by Gasteiger charge is -2.36. The zero-order chi connectivity index (χ0) is 17.4. The molecule has 128 valence electrons. The van der Waals surface area contributed by atoms with E-state index in [-0.39, 0.29) is 17.3 Å². The Bertz CT molecular complexity index is 557. The van der Waals surface area contributed by atoms with Gasteiger partial charge < -0.3 is 9.47 Å². The van der Waals surface area contributed by atoms with Crippen LogP contribution in [0.15, 0.2) is 24.3 Å². The standard InChI is InChI=1S/C18H26FNO3/c1-17(2,3)15-20(16(21)23-18(4,5)6)14(11-22-15)12-7-9-13(19)10-8-12/h7-10,14-15H,11H2,1-6H3/t14-,15-/m1/s1. The topological polar surface area (TPSA) is 38.8 Å². The van der Waals surface area contributed by atoms with Crippen LogP contribution in [0.2, 0.25) is 0 Å². The van der Waals surface area contributed by atoms with Gasteiger partial charge in [-0.2, -0.15) is 0 Å². The summed E-state index contributed by atoms with van der Waals surface area (Å²) in [6, 6.07) is 5.88. The molecule has 2 atom stereocenters. The van der Waals surface area contributed by atoms with Crippen molar-refractivity contribution >= 4 is 6.09 Å². The fourth-order valence-corrected chi connectivity index (χ4v) is 2.65. The molecule has 1 fully saturated rings. The van der Waals surface area contributed by atoms with E-state index in [4.69, 9.17) is 9.47 Å². The normalized spacial score (nSPS) is 22.3. The van der Waals surface area contributed by atoms with Gasteiger partial charge in [-0.05, 0) is 38.5 Å². The molecule has 0 bridgehead atoms. The largest absolute Gasteiger partial charge is 0.444 e. The first-order valence-corrected chi connectivity index (χ1v) is 7.87. The van der Waals surface area contributed by atoms with Crippen molar-refractivity contribution in [3.8, 4) is 0 Å². The minimum absolute atomic E-state index is 0.258. The monoisotopic (exact) mass is 323 g/mol. The van der Waals surface area contributed by atoms with E-state index in [1.807, 2.05) is 41.5 Å². The highest BCUT2D eigenvalue weighted by atomic mass is 19.1. The van der Waals surface area contributed by atoms with E-state index < -0.39 is 17.9 Å².